The van der Waals surface area contributed by atoms with E-state index in [1.807, 2.05) is 97.9 Å². The van der Waals surface area contributed by atoms with E-state index in [4.69, 9.17) is 42.6 Å². The van der Waals surface area contributed by atoms with Gasteiger partial charge in [0.05, 0.1) is 33.0 Å². The van der Waals surface area contributed by atoms with Gasteiger partial charge in [-0.2, -0.15) is 0 Å². The molecule has 4 saturated heterocycles. The highest BCUT2D eigenvalue weighted by atomic mass is 16.8. The number of benzene rings is 3. The first-order valence-corrected chi connectivity index (χ1v) is 17.4. The molecule has 51 heavy (non-hydrogen) atoms. The van der Waals surface area contributed by atoms with Crippen LogP contribution in [0.25, 0.3) is 0 Å². The number of esters is 1. The van der Waals surface area contributed by atoms with E-state index in [9.17, 15) is 9.59 Å². The second kappa shape index (κ2) is 15.4. The number of nitrogens with zero attached hydrogens (tertiary/aromatic N) is 1. The number of rotatable bonds is 12. The van der Waals surface area contributed by atoms with E-state index in [0.29, 0.717) is 6.61 Å². The topological polar surface area (TPSA) is 120 Å². The number of fused-ring (bicyclic) bond motifs is 2. The summed E-state index contributed by atoms with van der Waals surface area (Å²) in [7, 11) is 1.28. The van der Waals surface area contributed by atoms with E-state index in [1.54, 1.807) is 18.7 Å². The first-order chi connectivity index (χ1) is 24.7. The Kier molecular flexibility index (Phi) is 10.7. The van der Waals surface area contributed by atoms with E-state index in [-0.39, 0.29) is 25.7 Å². The van der Waals surface area contributed by atoms with Crippen molar-refractivity contribution in [2.45, 2.75) is 102 Å². The maximum absolute atomic E-state index is 13.6. The summed E-state index contributed by atoms with van der Waals surface area (Å²) in [5, 5.41) is 0. The van der Waals surface area contributed by atoms with Crippen LogP contribution in [-0.4, -0.2) is 91.7 Å². The number of methoxy groups -OCH3 is 1. The third-order valence-electron chi connectivity index (χ3n) is 9.77. The highest BCUT2D eigenvalue weighted by Crippen LogP contribution is 2.43. The zero-order valence-corrected chi connectivity index (χ0v) is 29.2. The Hall–Kier alpha value is -3.88. The molecule has 0 aliphatic carbocycles. The van der Waals surface area contributed by atoms with Crippen molar-refractivity contribution in [2.75, 3.05) is 13.7 Å². The molecule has 0 aromatic heterocycles. The molecular formula is C39H45NO11. The van der Waals surface area contributed by atoms with Crippen LogP contribution in [0.2, 0.25) is 0 Å². The SMILES string of the molecule is COC(=O)C1O[C@H]2OC(C)(C)OC2[C@H](OCc2ccccc2)[C@H]1O[C@@H]1OC(COCc2ccccc2)[C@H](C)[C@@H]2OC(=O)N(Cc3ccccc3)C12. The quantitative estimate of drug-likeness (QED) is 0.238. The van der Waals surface area contributed by atoms with Gasteiger partial charge in [-0.15, -0.1) is 0 Å². The van der Waals surface area contributed by atoms with Crippen molar-refractivity contribution in [1.82, 2.24) is 4.90 Å². The molecule has 1 amide bonds. The third kappa shape index (κ3) is 7.82. The van der Waals surface area contributed by atoms with Crippen molar-refractivity contribution in [3.8, 4) is 0 Å². The van der Waals surface area contributed by atoms with Crippen molar-refractivity contribution < 1.29 is 52.2 Å². The first-order valence-electron chi connectivity index (χ1n) is 17.4. The van der Waals surface area contributed by atoms with Crippen LogP contribution >= 0.6 is 0 Å². The minimum absolute atomic E-state index is 0.193. The van der Waals surface area contributed by atoms with E-state index in [1.165, 1.54) is 7.11 Å². The molecule has 4 aliphatic heterocycles. The smallest absolute Gasteiger partial charge is 0.410 e. The average molecular weight is 704 g/mol. The predicted molar refractivity (Wildman–Crippen MR) is 181 cm³/mol. The van der Waals surface area contributed by atoms with Crippen molar-refractivity contribution in [3.05, 3.63) is 108 Å². The Bertz CT molecular complexity index is 1610. The van der Waals surface area contributed by atoms with E-state index in [2.05, 4.69) is 0 Å². The second-order valence-electron chi connectivity index (χ2n) is 13.8. The van der Waals surface area contributed by atoms with E-state index < -0.39 is 73.1 Å². The maximum Gasteiger partial charge on any atom is 0.410 e. The lowest BCUT2D eigenvalue weighted by Crippen LogP contribution is -2.65. The molecule has 4 aliphatic rings. The minimum atomic E-state index is -1.27. The van der Waals surface area contributed by atoms with Gasteiger partial charge < -0.3 is 42.6 Å². The van der Waals surface area contributed by atoms with Crippen LogP contribution < -0.4 is 0 Å². The monoisotopic (exact) mass is 703 g/mol. The normalized spacial score (nSPS) is 32.5. The molecule has 0 saturated carbocycles. The fraction of sp³-hybridized carbons (Fsp3) is 0.487. The van der Waals surface area contributed by atoms with Gasteiger partial charge in [-0.3, -0.25) is 4.90 Å². The summed E-state index contributed by atoms with van der Waals surface area (Å²) < 4.78 is 56.2. The molecule has 4 heterocycles. The van der Waals surface area contributed by atoms with Gasteiger partial charge in [0.15, 0.2) is 24.5 Å². The zero-order valence-electron chi connectivity index (χ0n) is 29.2. The van der Waals surface area contributed by atoms with Crippen LogP contribution in [0.4, 0.5) is 4.79 Å². The van der Waals surface area contributed by atoms with Crippen LogP contribution in [-0.2, 0) is 67.2 Å². The number of ether oxygens (including phenoxy) is 9. The Morgan fingerprint density at radius 2 is 1.43 bits per heavy atom. The highest BCUT2D eigenvalue weighted by molar-refractivity contribution is 5.75. The lowest BCUT2D eigenvalue weighted by atomic mass is 9.88. The standard InChI is InChI=1S/C39H45NO11/c1-24-28(23-44-21-26-16-10-6-11-17-26)46-36(29-30(24)49-38(42)40(29)20-25-14-8-5-9-15-25)47-32-31(45-22-27-18-12-7-13-19-27)34-37(51-39(2,3)50-34)48-33(32)35(41)43-4/h5-19,24,28-34,36-37H,20-23H2,1-4H3/t24-,28?,29?,30-,31+,32+,33?,34?,36-,37-/m0/s1. The predicted octanol–water partition coefficient (Wildman–Crippen LogP) is 4.97. The van der Waals surface area contributed by atoms with Gasteiger partial charge in [0.25, 0.3) is 0 Å². The zero-order chi connectivity index (χ0) is 35.5. The van der Waals surface area contributed by atoms with Gasteiger partial charge in [-0.05, 0) is 30.5 Å². The Balaban J connectivity index is 1.21. The first kappa shape index (κ1) is 35.5. The number of hydrogen-bond acceptors (Lipinski definition) is 11. The number of carbonyl (C=O) groups is 2. The summed E-state index contributed by atoms with van der Waals surface area (Å²) in [5.74, 6) is -1.96. The Labute approximate surface area is 297 Å². The van der Waals surface area contributed by atoms with Crippen molar-refractivity contribution >= 4 is 12.1 Å². The summed E-state index contributed by atoms with van der Waals surface area (Å²) in [5.41, 5.74) is 2.84. The molecule has 0 spiro atoms. The summed E-state index contributed by atoms with van der Waals surface area (Å²) in [6, 6.07) is 28.5. The lowest BCUT2D eigenvalue weighted by Gasteiger charge is -2.47. The summed E-state index contributed by atoms with van der Waals surface area (Å²) in [6.45, 7) is 6.55. The van der Waals surface area contributed by atoms with Crippen molar-refractivity contribution in [1.29, 1.82) is 0 Å². The molecule has 4 fully saturated rings. The number of amides is 1. The molecule has 4 unspecified atom stereocenters. The Morgan fingerprint density at radius 1 is 0.804 bits per heavy atom. The van der Waals surface area contributed by atoms with Gasteiger partial charge in [-0.1, -0.05) is 97.9 Å². The number of carbonyl (C=O) groups excluding carboxylic acids is 2. The third-order valence-corrected chi connectivity index (χ3v) is 9.77. The van der Waals surface area contributed by atoms with Crippen molar-refractivity contribution in [2.24, 2.45) is 5.92 Å². The fourth-order valence-corrected chi connectivity index (χ4v) is 7.21. The van der Waals surface area contributed by atoms with Gasteiger partial charge in [0, 0.05) is 12.5 Å². The molecular weight excluding hydrogens is 658 g/mol. The molecule has 0 radical (unpaired) electrons. The molecule has 3 aromatic rings. The maximum atomic E-state index is 13.6. The van der Waals surface area contributed by atoms with Gasteiger partial charge in [-0.25, -0.2) is 9.59 Å². The molecule has 0 N–H and O–H groups in total. The second-order valence-corrected chi connectivity index (χ2v) is 13.8. The van der Waals surface area contributed by atoms with Crippen molar-refractivity contribution in [3.63, 3.8) is 0 Å². The molecule has 10 atom stereocenters. The molecule has 12 nitrogen and oxygen atoms in total. The van der Waals surface area contributed by atoms with E-state index >= 15 is 0 Å². The molecule has 3 aromatic carbocycles. The van der Waals surface area contributed by atoms with Gasteiger partial charge in [0.1, 0.15) is 30.5 Å². The molecule has 12 heteroatoms. The minimum Gasteiger partial charge on any atom is -0.467 e. The molecule has 7 rings (SSSR count). The highest BCUT2D eigenvalue weighted by Gasteiger charge is 2.61. The summed E-state index contributed by atoms with van der Waals surface area (Å²) in [6.07, 6.45) is -7.64. The fourth-order valence-electron chi connectivity index (χ4n) is 7.21. The molecule has 272 valence electrons. The summed E-state index contributed by atoms with van der Waals surface area (Å²) in [4.78, 5) is 28.7. The molecule has 0 bridgehead atoms. The number of hydrogen-bond donors (Lipinski definition) is 0. The lowest BCUT2D eigenvalue weighted by molar-refractivity contribution is -0.324. The van der Waals surface area contributed by atoms with Crippen LogP contribution in [0.5, 0.6) is 0 Å². The summed E-state index contributed by atoms with van der Waals surface area (Å²) >= 11 is 0. The Morgan fingerprint density at radius 3 is 2.08 bits per heavy atom. The van der Waals surface area contributed by atoms with Gasteiger partial charge in [0.2, 0.25) is 0 Å². The van der Waals surface area contributed by atoms with Gasteiger partial charge >= 0.3 is 12.1 Å². The van der Waals surface area contributed by atoms with E-state index in [0.717, 1.165) is 16.7 Å². The average Bonchev–Trinajstić information content (AvgIpc) is 3.64. The van der Waals surface area contributed by atoms with Crippen LogP contribution in [0, 0.1) is 5.92 Å². The van der Waals surface area contributed by atoms with Crippen LogP contribution in [0.3, 0.4) is 0 Å². The largest absolute Gasteiger partial charge is 0.467 e. The van der Waals surface area contributed by atoms with Crippen LogP contribution in [0.15, 0.2) is 91.0 Å². The van der Waals surface area contributed by atoms with Crippen LogP contribution in [0.1, 0.15) is 37.5 Å².